The van der Waals surface area contributed by atoms with Gasteiger partial charge in [0.25, 0.3) is 0 Å². The average molecular weight is 291 g/mol. The molecule has 0 saturated carbocycles. The van der Waals surface area contributed by atoms with Crippen molar-refractivity contribution in [3.63, 3.8) is 0 Å². The van der Waals surface area contributed by atoms with E-state index in [4.69, 9.17) is 25.8 Å². The molecule has 0 radical (unpaired) electrons. The first-order valence-corrected chi connectivity index (χ1v) is 6.89. The molecule has 0 N–H and O–H groups in total. The van der Waals surface area contributed by atoms with Crippen LogP contribution in [0.4, 0.5) is 0 Å². The molecule has 104 valence electrons. The van der Waals surface area contributed by atoms with E-state index in [0.29, 0.717) is 13.2 Å². The van der Waals surface area contributed by atoms with Gasteiger partial charge in [-0.05, 0) is 29.8 Å². The number of ether oxygens (including phenoxy) is 3. The predicted octanol–water partition coefficient (Wildman–Crippen LogP) is 3.70. The van der Waals surface area contributed by atoms with Gasteiger partial charge in [-0.2, -0.15) is 0 Å². The van der Waals surface area contributed by atoms with Gasteiger partial charge < -0.3 is 14.2 Å². The first-order chi connectivity index (χ1) is 9.79. The minimum atomic E-state index is 0.258. The zero-order valence-electron chi connectivity index (χ0n) is 10.9. The van der Waals surface area contributed by atoms with E-state index in [1.807, 2.05) is 48.5 Å². The second kappa shape index (κ2) is 6.16. The number of hydrogen-bond donors (Lipinski definition) is 0. The topological polar surface area (TPSA) is 31.0 Å². The van der Waals surface area contributed by atoms with Crippen molar-refractivity contribution in [1.29, 1.82) is 0 Å². The molecule has 0 spiro atoms. The Morgan fingerprint density at radius 3 is 2.45 bits per heavy atom. The van der Waals surface area contributed by atoms with Crippen molar-refractivity contribution in [3.8, 4) is 11.5 Å². The molecule has 20 heavy (non-hydrogen) atoms. The maximum Gasteiger partial charge on any atom is 0.123 e. The zero-order valence-corrected chi connectivity index (χ0v) is 11.7. The van der Waals surface area contributed by atoms with E-state index >= 15 is 0 Å². The lowest BCUT2D eigenvalue weighted by Gasteiger charge is -2.09. The van der Waals surface area contributed by atoms with Gasteiger partial charge in [0.15, 0.2) is 0 Å². The molecule has 0 bridgehead atoms. The van der Waals surface area contributed by atoms with Crippen LogP contribution >= 0.6 is 11.6 Å². The fourth-order valence-electron chi connectivity index (χ4n) is 1.75. The SMILES string of the molecule is Clc1ccc(COc2cccc(OCC3CO3)c2)cc1. The molecular weight excluding hydrogens is 276 g/mol. The van der Waals surface area contributed by atoms with Gasteiger partial charge in [-0.25, -0.2) is 0 Å². The third-order valence-electron chi connectivity index (χ3n) is 2.96. The molecule has 0 aromatic heterocycles. The minimum Gasteiger partial charge on any atom is -0.491 e. The first kappa shape index (κ1) is 13.3. The Hall–Kier alpha value is -1.71. The Labute approximate surface area is 123 Å². The molecule has 1 unspecified atom stereocenters. The summed E-state index contributed by atoms with van der Waals surface area (Å²) in [6.07, 6.45) is 0.258. The van der Waals surface area contributed by atoms with Crippen LogP contribution in [0.5, 0.6) is 11.5 Å². The van der Waals surface area contributed by atoms with Gasteiger partial charge in [0.1, 0.15) is 30.8 Å². The zero-order chi connectivity index (χ0) is 13.8. The summed E-state index contributed by atoms with van der Waals surface area (Å²) >= 11 is 5.85. The molecule has 3 nitrogen and oxygen atoms in total. The smallest absolute Gasteiger partial charge is 0.123 e. The van der Waals surface area contributed by atoms with E-state index in [1.54, 1.807) is 0 Å². The Morgan fingerprint density at radius 2 is 1.75 bits per heavy atom. The highest BCUT2D eigenvalue weighted by Gasteiger charge is 2.23. The van der Waals surface area contributed by atoms with E-state index < -0.39 is 0 Å². The second-order valence-corrected chi connectivity index (χ2v) is 5.09. The van der Waals surface area contributed by atoms with Crippen LogP contribution in [0.1, 0.15) is 5.56 Å². The molecular formula is C16H15ClO3. The highest BCUT2D eigenvalue weighted by atomic mass is 35.5. The van der Waals surface area contributed by atoms with Crippen LogP contribution in [0.3, 0.4) is 0 Å². The van der Waals surface area contributed by atoms with Gasteiger partial charge in [-0.15, -0.1) is 0 Å². The molecule has 0 aliphatic carbocycles. The molecule has 2 aromatic carbocycles. The Bertz CT molecular complexity index is 564. The molecule has 3 rings (SSSR count). The van der Waals surface area contributed by atoms with E-state index in [-0.39, 0.29) is 6.10 Å². The van der Waals surface area contributed by atoms with Crippen LogP contribution in [0.2, 0.25) is 5.02 Å². The Kier molecular flexibility index (Phi) is 4.09. The monoisotopic (exact) mass is 290 g/mol. The van der Waals surface area contributed by atoms with Gasteiger partial charge in [0.05, 0.1) is 6.61 Å². The van der Waals surface area contributed by atoms with Crippen LogP contribution in [0, 0.1) is 0 Å². The highest BCUT2D eigenvalue weighted by Crippen LogP contribution is 2.22. The molecule has 1 heterocycles. The molecule has 0 amide bonds. The number of halogens is 1. The van der Waals surface area contributed by atoms with Gasteiger partial charge in [-0.3, -0.25) is 0 Å². The van der Waals surface area contributed by atoms with E-state index in [0.717, 1.165) is 28.7 Å². The summed E-state index contributed by atoms with van der Waals surface area (Å²) in [5.74, 6) is 1.59. The normalized spacial score (nSPS) is 16.8. The quantitative estimate of drug-likeness (QED) is 0.760. The van der Waals surface area contributed by atoms with Crippen molar-refractivity contribution >= 4 is 11.6 Å². The summed E-state index contributed by atoms with van der Waals surface area (Å²) in [7, 11) is 0. The number of epoxide rings is 1. The lowest BCUT2D eigenvalue weighted by atomic mass is 10.2. The molecule has 1 aliphatic heterocycles. The Balaban J connectivity index is 1.56. The van der Waals surface area contributed by atoms with Crippen molar-refractivity contribution in [1.82, 2.24) is 0 Å². The molecule has 1 saturated heterocycles. The van der Waals surface area contributed by atoms with Crippen LogP contribution in [0.25, 0.3) is 0 Å². The lowest BCUT2D eigenvalue weighted by Crippen LogP contribution is -2.04. The number of hydrogen-bond acceptors (Lipinski definition) is 3. The minimum absolute atomic E-state index is 0.258. The molecule has 2 aromatic rings. The maximum atomic E-state index is 5.85. The fraction of sp³-hybridized carbons (Fsp3) is 0.250. The summed E-state index contributed by atoms with van der Waals surface area (Å²) in [6.45, 7) is 1.90. The Morgan fingerprint density at radius 1 is 1.05 bits per heavy atom. The molecule has 1 atom stereocenters. The number of rotatable bonds is 6. The fourth-order valence-corrected chi connectivity index (χ4v) is 1.88. The highest BCUT2D eigenvalue weighted by molar-refractivity contribution is 6.30. The molecule has 1 aliphatic rings. The third-order valence-corrected chi connectivity index (χ3v) is 3.21. The van der Waals surface area contributed by atoms with E-state index in [2.05, 4.69) is 0 Å². The van der Waals surface area contributed by atoms with Gasteiger partial charge in [0, 0.05) is 11.1 Å². The summed E-state index contributed by atoms with van der Waals surface area (Å²) in [5, 5.41) is 0.728. The van der Waals surface area contributed by atoms with E-state index in [9.17, 15) is 0 Å². The first-order valence-electron chi connectivity index (χ1n) is 6.51. The van der Waals surface area contributed by atoms with Gasteiger partial charge >= 0.3 is 0 Å². The molecule has 1 fully saturated rings. The average Bonchev–Trinajstić information content (AvgIpc) is 3.29. The summed E-state index contributed by atoms with van der Waals surface area (Å²) in [6, 6.07) is 15.2. The van der Waals surface area contributed by atoms with Crippen molar-refractivity contribution < 1.29 is 14.2 Å². The predicted molar refractivity (Wildman–Crippen MR) is 77.5 cm³/mol. The van der Waals surface area contributed by atoms with Crippen LogP contribution < -0.4 is 9.47 Å². The van der Waals surface area contributed by atoms with E-state index in [1.165, 1.54) is 0 Å². The summed E-state index contributed by atoms with van der Waals surface area (Å²) < 4.78 is 16.5. The maximum absolute atomic E-state index is 5.85. The van der Waals surface area contributed by atoms with Crippen LogP contribution in [0.15, 0.2) is 48.5 Å². The van der Waals surface area contributed by atoms with Gasteiger partial charge in [0.2, 0.25) is 0 Å². The summed E-state index contributed by atoms with van der Waals surface area (Å²) in [4.78, 5) is 0. The standard InChI is InChI=1S/C16H15ClO3/c17-13-6-4-12(5-7-13)9-18-14-2-1-3-15(8-14)19-10-16-11-20-16/h1-8,16H,9-11H2. The number of benzene rings is 2. The third kappa shape index (κ3) is 3.89. The lowest BCUT2D eigenvalue weighted by molar-refractivity contribution is 0.259. The van der Waals surface area contributed by atoms with Gasteiger partial charge in [-0.1, -0.05) is 29.8 Å². The largest absolute Gasteiger partial charge is 0.491 e. The van der Waals surface area contributed by atoms with Crippen LogP contribution in [-0.4, -0.2) is 19.3 Å². The van der Waals surface area contributed by atoms with Crippen LogP contribution in [-0.2, 0) is 11.3 Å². The van der Waals surface area contributed by atoms with Crippen molar-refractivity contribution in [3.05, 3.63) is 59.1 Å². The second-order valence-electron chi connectivity index (χ2n) is 4.66. The van der Waals surface area contributed by atoms with Crippen molar-refractivity contribution in [2.24, 2.45) is 0 Å². The van der Waals surface area contributed by atoms with Crippen molar-refractivity contribution in [2.45, 2.75) is 12.7 Å². The molecule has 4 heteroatoms. The van der Waals surface area contributed by atoms with Crippen molar-refractivity contribution in [2.75, 3.05) is 13.2 Å². The summed E-state index contributed by atoms with van der Waals surface area (Å²) in [5.41, 5.74) is 1.08.